The van der Waals surface area contributed by atoms with Gasteiger partial charge in [-0.25, -0.2) is 4.79 Å². The van der Waals surface area contributed by atoms with Crippen molar-refractivity contribution in [1.29, 1.82) is 0 Å². The van der Waals surface area contributed by atoms with Gasteiger partial charge in [0.1, 0.15) is 0 Å². The summed E-state index contributed by atoms with van der Waals surface area (Å²) in [5.41, 5.74) is 3.31. The molecule has 2 fully saturated rings. The Kier molecular flexibility index (Phi) is 7.02. The van der Waals surface area contributed by atoms with Gasteiger partial charge in [0.15, 0.2) is 12.1 Å². The third kappa shape index (κ3) is 4.98. The zero-order valence-corrected chi connectivity index (χ0v) is 20.7. The Balaban J connectivity index is 1.40. The highest BCUT2D eigenvalue weighted by atomic mass is 32.1. The first-order chi connectivity index (χ1) is 17.5. The molecule has 8 nitrogen and oxygen atoms in total. The number of hydrogen-bond donors (Lipinski definition) is 1. The van der Waals surface area contributed by atoms with E-state index in [0.29, 0.717) is 42.4 Å². The number of aryl methyl sites for hydroxylation is 1. The summed E-state index contributed by atoms with van der Waals surface area (Å²) in [6, 6.07) is 17.7. The van der Waals surface area contributed by atoms with Crippen LogP contribution in [0.1, 0.15) is 32.5 Å². The standard InChI is InChI=1S/C27H27N3O5S/c1-18-5-2-3-6-20(18)17-30-23(26(32)29-12-14-34-15-13-29)24(35-27(30)33)19-8-10-21(11-9-19)28-25(31)22-7-4-16-36-22/h2-11,16,23-24H,12-15,17H2,1H3,(H,28,31)/t23-,24+/m0/s1. The Labute approximate surface area is 213 Å². The van der Waals surface area contributed by atoms with Gasteiger partial charge >= 0.3 is 6.09 Å². The maximum absolute atomic E-state index is 13.7. The van der Waals surface area contributed by atoms with Crippen LogP contribution in [0, 0.1) is 6.92 Å². The number of ether oxygens (including phenoxy) is 2. The van der Waals surface area contributed by atoms with Gasteiger partial charge in [0, 0.05) is 18.8 Å². The van der Waals surface area contributed by atoms with E-state index in [-0.39, 0.29) is 18.4 Å². The number of cyclic esters (lactones) is 1. The van der Waals surface area contributed by atoms with Gasteiger partial charge in [-0.15, -0.1) is 11.3 Å². The Morgan fingerprint density at radius 2 is 1.78 bits per heavy atom. The average Bonchev–Trinajstić information content (AvgIpc) is 3.55. The number of anilines is 1. The van der Waals surface area contributed by atoms with E-state index in [1.165, 1.54) is 16.2 Å². The maximum Gasteiger partial charge on any atom is 0.411 e. The molecule has 2 aromatic carbocycles. The number of carbonyl (C=O) groups excluding carboxylic acids is 3. The molecular weight excluding hydrogens is 478 g/mol. The normalized spacial score (nSPS) is 19.8. The second-order valence-electron chi connectivity index (χ2n) is 8.79. The zero-order chi connectivity index (χ0) is 25.1. The molecule has 0 aliphatic carbocycles. The molecule has 3 amide bonds. The van der Waals surface area contributed by atoms with Gasteiger partial charge in [-0.1, -0.05) is 42.5 Å². The smallest absolute Gasteiger partial charge is 0.411 e. The van der Waals surface area contributed by atoms with Crippen molar-refractivity contribution in [2.75, 3.05) is 31.6 Å². The summed E-state index contributed by atoms with van der Waals surface area (Å²) in [5, 5.41) is 4.72. The third-order valence-electron chi connectivity index (χ3n) is 6.50. The predicted octanol–water partition coefficient (Wildman–Crippen LogP) is 4.23. The number of benzene rings is 2. The molecule has 36 heavy (non-hydrogen) atoms. The molecule has 0 bridgehead atoms. The Bertz CT molecular complexity index is 1240. The van der Waals surface area contributed by atoms with E-state index < -0.39 is 18.2 Å². The van der Waals surface area contributed by atoms with Gasteiger partial charge in [0.2, 0.25) is 5.91 Å². The fourth-order valence-corrected chi connectivity index (χ4v) is 5.11. The fraction of sp³-hybridized carbons (Fsp3) is 0.296. The van der Waals surface area contributed by atoms with Crippen LogP contribution in [-0.4, -0.2) is 60.1 Å². The summed E-state index contributed by atoms with van der Waals surface area (Å²) in [7, 11) is 0. The van der Waals surface area contributed by atoms with E-state index in [4.69, 9.17) is 9.47 Å². The minimum absolute atomic E-state index is 0.155. The highest BCUT2D eigenvalue weighted by Crippen LogP contribution is 2.36. The van der Waals surface area contributed by atoms with Crippen LogP contribution in [0.15, 0.2) is 66.0 Å². The molecule has 0 saturated carbocycles. The van der Waals surface area contributed by atoms with Gasteiger partial charge < -0.3 is 19.7 Å². The quantitative estimate of drug-likeness (QED) is 0.542. The lowest BCUT2D eigenvalue weighted by atomic mass is 9.99. The van der Waals surface area contributed by atoms with Crippen molar-refractivity contribution >= 4 is 34.9 Å². The molecule has 3 heterocycles. The van der Waals surface area contributed by atoms with Crippen molar-refractivity contribution in [2.45, 2.75) is 25.6 Å². The lowest BCUT2D eigenvalue weighted by Crippen LogP contribution is -2.51. The van der Waals surface area contributed by atoms with E-state index in [2.05, 4.69) is 5.32 Å². The lowest BCUT2D eigenvalue weighted by Gasteiger charge is -2.33. The van der Waals surface area contributed by atoms with Crippen LogP contribution in [0.2, 0.25) is 0 Å². The molecule has 2 aliphatic heterocycles. The van der Waals surface area contributed by atoms with Crippen molar-refractivity contribution in [3.63, 3.8) is 0 Å². The highest BCUT2D eigenvalue weighted by molar-refractivity contribution is 7.12. The van der Waals surface area contributed by atoms with Crippen LogP contribution in [0.25, 0.3) is 0 Å². The first-order valence-electron chi connectivity index (χ1n) is 11.8. The van der Waals surface area contributed by atoms with E-state index in [9.17, 15) is 14.4 Å². The number of nitrogens with one attached hydrogen (secondary N) is 1. The van der Waals surface area contributed by atoms with Crippen molar-refractivity contribution in [2.24, 2.45) is 0 Å². The molecule has 2 saturated heterocycles. The molecular formula is C27H27N3O5S. The van der Waals surface area contributed by atoms with Crippen molar-refractivity contribution in [3.05, 3.63) is 87.6 Å². The van der Waals surface area contributed by atoms with Gasteiger partial charge in [0.05, 0.1) is 24.6 Å². The van der Waals surface area contributed by atoms with Crippen molar-refractivity contribution in [1.82, 2.24) is 9.80 Å². The molecule has 0 spiro atoms. The minimum atomic E-state index is -0.804. The number of thiophene rings is 1. The number of nitrogens with zero attached hydrogens (tertiary/aromatic N) is 2. The number of carbonyl (C=O) groups is 3. The molecule has 1 aromatic heterocycles. The Morgan fingerprint density at radius 3 is 2.47 bits per heavy atom. The third-order valence-corrected chi connectivity index (χ3v) is 7.37. The second-order valence-corrected chi connectivity index (χ2v) is 9.74. The van der Waals surface area contributed by atoms with E-state index in [0.717, 1.165) is 11.1 Å². The van der Waals surface area contributed by atoms with Crippen LogP contribution in [0.3, 0.4) is 0 Å². The van der Waals surface area contributed by atoms with Crippen LogP contribution in [0.5, 0.6) is 0 Å². The summed E-state index contributed by atoms with van der Waals surface area (Å²) in [5.74, 6) is -0.340. The largest absolute Gasteiger partial charge is 0.438 e. The number of amides is 3. The van der Waals surface area contributed by atoms with Crippen LogP contribution in [-0.2, 0) is 20.8 Å². The molecule has 3 aromatic rings. The van der Waals surface area contributed by atoms with Crippen LogP contribution in [0.4, 0.5) is 10.5 Å². The summed E-state index contributed by atoms with van der Waals surface area (Å²) < 4.78 is 11.2. The van der Waals surface area contributed by atoms with E-state index in [1.54, 1.807) is 35.2 Å². The van der Waals surface area contributed by atoms with Gasteiger partial charge in [0.25, 0.3) is 5.91 Å². The molecule has 0 radical (unpaired) electrons. The number of hydrogen-bond acceptors (Lipinski definition) is 6. The maximum atomic E-state index is 13.7. The number of rotatable bonds is 6. The molecule has 2 aliphatic rings. The lowest BCUT2D eigenvalue weighted by molar-refractivity contribution is -0.141. The predicted molar refractivity (Wildman–Crippen MR) is 136 cm³/mol. The van der Waals surface area contributed by atoms with Gasteiger partial charge in [-0.3, -0.25) is 14.5 Å². The molecule has 186 valence electrons. The van der Waals surface area contributed by atoms with Crippen LogP contribution < -0.4 is 5.32 Å². The van der Waals surface area contributed by atoms with Crippen molar-refractivity contribution in [3.8, 4) is 0 Å². The molecule has 2 atom stereocenters. The topological polar surface area (TPSA) is 88.2 Å². The molecule has 0 unspecified atom stereocenters. The zero-order valence-electron chi connectivity index (χ0n) is 19.9. The van der Waals surface area contributed by atoms with E-state index >= 15 is 0 Å². The van der Waals surface area contributed by atoms with Crippen molar-refractivity contribution < 1.29 is 23.9 Å². The molecule has 1 N–H and O–H groups in total. The monoisotopic (exact) mass is 505 g/mol. The van der Waals surface area contributed by atoms with E-state index in [1.807, 2.05) is 42.6 Å². The molecule has 9 heteroatoms. The van der Waals surface area contributed by atoms with Gasteiger partial charge in [-0.2, -0.15) is 0 Å². The summed E-state index contributed by atoms with van der Waals surface area (Å²) >= 11 is 1.37. The average molecular weight is 506 g/mol. The van der Waals surface area contributed by atoms with Crippen LogP contribution >= 0.6 is 11.3 Å². The Morgan fingerprint density at radius 1 is 1.03 bits per heavy atom. The summed E-state index contributed by atoms with van der Waals surface area (Å²) in [6.45, 7) is 4.14. The first-order valence-corrected chi connectivity index (χ1v) is 12.7. The van der Waals surface area contributed by atoms with Gasteiger partial charge in [-0.05, 0) is 47.2 Å². The Hall–Kier alpha value is -3.69. The minimum Gasteiger partial charge on any atom is -0.438 e. The SMILES string of the molecule is Cc1ccccc1CN1C(=O)O[C@H](c2ccc(NC(=O)c3cccs3)cc2)[C@H]1C(=O)N1CCOCC1. The fourth-order valence-electron chi connectivity index (χ4n) is 4.49. The summed E-state index contributed by atoms with van der Waals surface area (Å²) in [4.78, 5) is 43.0. The summed E-state index contributed by atoms with van der Waals surface area (Å²) in [6.07, 6.45) is -1.29. The number of morpholine rings is 1. The first kappa shape index (κ1) is 24.0. The highest BCUT2D eigenvalue weighted by Gasteiger charge is 2.48. The second kappa shape index (κ2) is 10.5. The molecule has 5 rings (SSSR count).